The number of carbonyl (C=O) groups excluding carboxylic acids is 5. The maximum absolute atomic E-state index is 13.4. The fraction of sp³-hybridized carbons (Fsp3) is 0.378. The number of amides is 3. The Labute approximate surface area is 669 Å². The van der Waals surface area contributed by atoms with Gasteiger partial charge in [0.1, 0.15) is 34.1 Å². The molecule has 6 heterocycles. The molecule has 111 heavy (non-hydrogen) atoms. The first-order valence-electron chi connectivity index (χ1n) is 36.1. The SMILES string of the molecule is C.COC(=O)c1ccc([C@H](C)NC(=O)c2c(C)nn3c2N(Cc2cccc(CCCF)c2)CC3)cc1.COC(=O)c1ccc([C@H](C)NC(=O)c2c(C)nn3c2N(Cc2cccc(CCCOS(C)(=O)=O)c2)CC3)cc1.Cc1nn2c(c1C(=O)N[C@@H](C)c1ccc(C(=O)O)cc1)N(Cc1cccc(CCCF)c1)CC2.[Na+].[OH-]. The molecule has 25 nitrogen and oxygen atoms in total. The number of anilines is 3. The Morgan fingerprint density at radius 2 is 0.757 bits per heavy atom. The number of halogens is 2. The second-order valence-corrected chi connectivity index (χ2v) is 28.8. The summed E-state index contributed by atoms with van der Waals surface area (Å²) in [6.07, 6.45) is 4.81. The predicted molar refractivity (Wildman–Crippen MR) is 416 cm³/mol. The summed E-state index contributed by atoms with van der Waals surface area (Å²) >= 11 is 0. The molecule has 0 radical (unpaired) electrons. The van der Waals surface area contributed by atoms with Crippen molar-refractivity contribution >= 4 is 63.2 Å². The molecule has 5 N–H and O–H groups in total. The number of aromatic nitrogens is 6. The van der Waals surface area contributed by atoms with E-state index in [9.17, 15) is 46.0 Å². The Bertz CT molecular complexity index is 4800. The van der Waals surface area contributed by atoms with E-state index in [1.807, 2.05) is 116 Å². The molecule has 3 atom stereocenters. The van der Waals surface area contributed by atoms with Crippen LogP contribution in [0.4, 0.5) is 26.2 Å². The summed E-state index contributed by atoms with van der Waals surface area (Å²) in [6.45, 7) is 17.0. The number of aryl methyl sites for hydroxylation is 6. The molecule has 3 aliphatic rings. The van der Waals surface area contributed by atoms with Crippen molar-refractivity contribution in [1.82, 2.24) is 45.3 Å². The maximum Gasteiger partial charge on any atom is 1.00 e. The average Bonchev–Trinajstić information content (AvgIpc) is 1.63. The fourth-order valence-electron chi connectivity index (χ4n) is 13.7. The minimum atomic E-state index is -3.43. The van der Waals surface area contributed by atoms with Gasteiger partial charge in [-0.15, -0.1) is 0 Å². The molecule has 0 saturated carbocycles. The molecule has 6 aromatic carbocycles. The number of alkyl halides is 2. The zero-order chi connectivity index (χ0) is 77.3. The summed E-state index contributed by atoms with van der Waals surface area (Å²) in [6, 6.07) is 44.1. The Balaban J connectivity index is 0.000000229. The van der Waals surface area contributed by atoms with Crippen molar-refractivity contribution in [3.8, 4) is 0 Å². The van der Waals surface area contributed by atoms with E-state index in [1.54, 1.807) is 48.5 Å². The summed E-state index contributed by atoms with van der Waals surface area (Å²) in [5, 5.41) is 32.1. The third-order valence-corrected chi connectivity index (χ3v) is 19.8. The van der Waals surface area contributed by atoms with Gasteiger partial charge in [-0.2, -0.15) is 23.7 Å². The van der Waals surface area contributed by atoms with Crippen molar-refractivity contribution in [3.63, 3.8) is 0 Å². The maximum atomic E-state index is 13.4. The molecule has 0 fully saturated rings. The number of rotatable bonds is 29. The van der Waals surface area contributed by atoms with Gasteiger partial charge < -0.3 is 50.7 Å². The molecule has 3 aliphatic heterocycles. The second-order valence-electron chi connectivity index (χ2n) is 27.2. The summed E-state index contributed by atoms with van der Waals surface area (Å²) in [5.41, 5.74) is 14.1. The third-order valence-electron chi connectivity index (χ3n) is 19.2. The van der Waals surface area contributed by atoms with Crippen LogP contribution in [-0.2, 0) is 82.3 Å². The van der Waals surface area contributed by atoms with Gasteiger partial charge in [-0.05, 0) is 167 Å². The Morgan fingerprint density at radius 3 is 1.04 bits per heavy atom. The minimum absolute atomic E-state index is 0. The van der Waals surface area contributed by atoms with Gasteiger partial charge in [0.15, 0.2) is 0 Å². The van der Waals surface area contributed by atoms with Gasteiger partial charge in [-0.25, -0.2) is 28.4 Å². The Morgan fingerprint density at radius 1 is 0.468 bits per heavy atom. The second kappa shape index (κ2) is 40.7. The number of hydrogen-bond donors (Lipinski definition) is 4. The standard InChI is InChI=1S/C28H34N4O6S.C27H31FN4O3.C26H29FN4O3.CH4.Na.H2O/c1-19(23-10-12-24(13-11-23)28(34)37-3)29-26(33)25-20(2)30-32-15-14-31(27(25)32)18-22-8-5-7-21(17-22)9-6-16-38-39(4,35)36;1-18(22-9-11-23(12-10-22)27(34)35-3)29-25(33)24-19(2)30-32-15-14-31(26(24)32)17-21-7-4-6-20(16-21)8-5-13-28;1-17(21-8-10-22(11-9-21)26(33)34)28-24(32)23-18(2)29-31-14-13-30(25(23)31)16-20-6-3-5-19(15-20)7-4-12-27;;;/h5,7-8,10-13,17,19H,6,9,14-16,18H2,1-4H3,(H,29,33);4,6-7,9-12,16,18H,5,8,13-15,17H2,1-3H3,(H,29,33);3,5-6,8-11,15,17H,4,7,12-14,16H2,1-2H3,(H,28,32)(H,33,34);1H4;;1H2/q;;;;+1;/p-1/t19-;18-;17-;;;/m000.../s1. The monoisotopic (exact) mass is 1550 g/mol. The molecule has 9 aromatic rings. The number of nitrogens with zero attached hydrogens (tertiary/aromatic N) is 9. The van der Waals surface area contributed by atoms with Crippen LogP contribution in [0.15, 0.2) is 146 Å². The molecule has 0 aliphatic carbocycles. The molecular formula is C82H99F2N12NaO13S. The Kier molecular flexibility index (Phi) is 32.3. The van der Waals surface area contributed by atoms with Crippen molar-refractivity contribution in [2.45, 2.75) is 145 Å². The van der Waals surface area contributed by atoms with E-state index < -0.39 is 28.0 Å². The third kappa shape index (κ3) is 22.8. The van der Waals surface area contributed by atoms with E-state index in [0.717, 1.165) is 100.0 Å². The summed E-state index contributed by atoms with van der Waals surface area (Å²) in [5.74, 6) is 0.0367. The largest absolute Gasteiger partial charge is 1.00 e. The van der Waals surface area contributed by atoms with Crippen LogP contribution in [0.2, 0.25) is 0 Å². The van der Waals surface area contributed by atoms with E-state index in [-0.39, 0.29) is 104 Å². The quantitative estimate of drug-likeness (QED) is 0.0147. The number of aromatic carboxylic acids is 1. The molecular weight excluding hydrogens is 1450 g/mol. The number of fused-ring (bicyclic) bond motifs is 3. The van der Waals surface area contributed by atoms with Crippen LogP contribution < -0.4 is 60.2 Å². The molecule has 0 spiro atoms. The molecule has 12 rings (SSSR count). The van der Waals surface area contributed by atoms with Crippen LogP contribution in [0.3, 0.4) is 0 Å². The normalized spacial score (nSPS) is 13.2. The van der Waals surface area contributed by atoms with Gasteiger partial charge in [0, 0.05) is 39.3 Å². The van der Waals surface area contributed by atoms with E-state index in [1.165, 1.54) is 26.4 Å². The molecule has 29 heteroatoms. The van der Waals surface area contributed by atoms with Crippen molar-refractivity contribution < 1.29 is 99.8 Å². The molecule has 3 aromatic heterocycles. The van der Waals surface area contributed by atoms with Crippen LogP contribution in [0, 0.1) is 20.8 Å². The molecule has 0 unspecified atom stereocenters. The zero-order valence-corrected chi connectivity index (χ0v) is 66.7. The van der Waals surface area contributed by atoms with Crippen molar-refractivity contribution in [1.29, 1.82) is 0 Å². The summed E-state index contributed by atoms with van der Waals surface area (Å²) in [4.78, 5) is 81.1. The smallest absolute Gasteiger partial charge is 0.870 e. The molecule has 0 saturated heterocycles. The number of benzene rings is 6. The molecule has 3 amide bonds. The van der Waals surface area contributed by atoms with Gasteiger partial charge in [0.05, 0.1) is 112 Å². The number of nitrogens with one attached hydrogen (secondary N) is 3. The number of methoxy groups -OCH3 is 2. The minimum Gasteiger partial charge on any atom is -0.870 e. The van der Waals surface area contributed by atoms with Crippen molar-refractivity contribution in [2.75, 3.05) is 74.8 Å². The summed E-state index contributed by atoms with van der Waals surface area (Å²) < 4.78 is 67.5. The van der Waals surface area contributed by atoms with Crippen LogP contribution in [0.25, 0.3) is 0 Å². The van der Waals surface area contributed by atoms with Gasteiger partial charge in [-0.3, -0.25) is 27.3 Å². The number of carboxylic acids is 1. The predicted octanol–water partition coefficient (Wildman–Crippen LogP) is 9.56. The first-order chi connectivity index (χ1) is 51.8. The first kappa shape index (κ1) is 88.1. The topological polar surface area (TPSA) is 314 Å². The fourth-order valence-corrected chi connectivity index (χ4v) is 14.1. The van der Waals surface area contributed by atoms with Gasteiger partial charge in [-0.1, -0.05) is 117 Å². The summed E-state index contributed by atoms with van der Waals surface area (Å²) in [7, 11) is -0.749. The van der Waals surface area contributed by atoms with Crippen LogP contribution in [0.5, 0.6) is 0 Å². The van der Waals surface area contributed by atoms with Crippen LogP contribution >= 0.6 is 0 Å². The number of carbonyl (C=O) groups is 6. The van der Waals surface area contributed by atoms with E-state index in [4.69, 9.17) is 18.8 Å². The Hall–Kier alpha value is -10.1. The number of carboxylic acid groups (broad SMARTS) is 1. The van der Waals surface area contributed by atoms with Gasteiger partial charge in [0.25, 0.3) is 27.8 Å². The van der Waals surface area contributed by atoms with Crippen molar-refractivity contribution in [3.05, 3.63) is 246 Å². The van der Waals surface area contributed by atoms with E-state index in [2.05, 4.69) is 70.2 Å². The number of esters is 2. The zero-order valence-electron chi connectivity index (χ0n) is 63.9. The van der Waals surface area contributed by atoms with Gasteiger partial charge in [0.2, 0.25) is 0 Å². The van der Waals surface area contributed by atoms with Gasteiger partial charge >= 0.3 is 47.5 Å². The van der Waals surface area contributed by atoms with E-state index >= 15 is 0 Å². The average molecular weight is 1550 g/mol. The number of ether oxygens (including phenoxy) is 2. The first-order valence-corrected chi connectivity index (χ1v) is 37.9. The molecule has 0 bridgehead atoms. The van der Waals surface area contributed by atoms with Crippen LogP contribution in [0.1, 0.15) is 195 Å². The number of hydrogen-bond acceptors (Lipinski definition) is 18. The van der Waals surface area contributed by atoms with E-state index in [0.29, 0.717) is 116 Å². The van der Waals surface area contributed by atoms with Crippen LogP contribution in [-0.4, -0.2) is 144 Å². The van der Waals surface area contributed by atoms with Crippen molar-refractivity contribution in [2.24, 2.45) is 0 Å². The molecule has 586 valence electrons.